The van der Waals surface area contributed by atoms with Crippen LogP contribution in [0.3, 0.4) is 0 Å². The molecule has 0 spiro atoms. The molecule has 0 aliphatic heterocycles. The highest BCUT2D eigenvalue weighted by Gasteiger charge is 2.12. The highest BCUT2D eigenvalue weighted by atomic mass is 127. The maximum atomic E-state index is 8.96. The van der Waals surface area contributed by atoms with E-state index in [0.29, 0.717) is 5.56 Å². The van der Waals surface area contributed by atoms with Crippen molar-refractivity contribution < 1.29 is 0 Å². The molecule has 0 aliphatic carbocycles. The van der Waals surface area contributed by atoms with E-state index in [1.165, 1.54) is 11.5 Å². The first kappa shape index (κ1) is 9.62. The molecular weight excluding hydrogens is 307 g/mol. The normalized spacial score (nSPS) is 9.71. The van der Waals surface area contributed by atoms with Crippen molar-refractivity contribution >= 4 is 34.1 Å². The molecule has 0 saturated carbocycles. The summed E-state index contributed by atoms with van der Waals surface area (Å²) in [5.41, 5.74) is 1.74. The molecule has 1 heterocycles. The standard InChI is InChI=1S/C10H5IN2S/c11-10-8(6-12)9(14-13-10)7-4-2-1-3-5-7/h1-5H. The van der Waals surface area contributed by atoms with E-state index < -0.39 is 0 Å². The fourth-order valence-electron chi connectivity index (χ4n) is 1.15. The van der Waals surface area contributed by atoms with Gasteiger partial charge in [0.1, 0.15) is 15.3 Å². The van der Waals surface area contributed by atoms with E-state index in [0.717, 1.165) is 14.1 Å². The molecule has 0 saturated heterocycles. The fourth-order valence-corrected chi connectivity index (χ4v) is 2.76. The maximum Gasteiger partial charge on any atom is 0.133 e. The molecule has 2 aromatic rings. The molecule has 0 radical (unpaired) electrons. The van der Waals surface area contributed by atoms with Gasteiger partial charge < -0.3 is 0 Å². The van der Waals surface area contributed by atoms with E-state index in [-0.39, 0.29) is 0 Å². The van der Waals surface area contributed by atoms with Crippen LogP contribution < -0.4 is 0 Å². The largest absolute Gasteiger partial charge is 0.192 e. The summed E-state index contributed by atoms with van der Waals surface area (Å²) in [5.74, 6) is 0. The third-order valence-electron chi connectivity index (χ3n) is 1.80. The van der Waals surface area contributed by atoms with Crippen LogP contribution >= 0.6 is 34.1 Å². The highest BCUT2D eigenvalue weighted by Crippen LogP contribution is 2.30. The number of nitrogens with zero attached hydrogens (tertiary/aromatic N) is 2. The van der Waals surface area contributed by atoms with Gasteiger partial charge in [0.2, 0.25) is 0 Å². The molecule has 0 unspecified atom stereocenters. The van der Waals surface area contributed by atoms with Crippen molar-refractivity contribution in [3.63, 3.8) is 0 Å². The second-order valence-electron chi connectivity index (χ2n) is 2.66. The van der Waals surface area contributed by atoms with Crippen LogP contribution in [-0.2, 0) is 0 Å². The summed E-state index contributed by atoms with van der Waals surface area (Å²) in [5, 5.41) is 8.96. The second-order valence-corrected chi connectivity index (χ2v) is 4.45. The van der Waals surface area contributed by atoms with Crippen LogP contribution in [0.2, 0.25) is 0 Å². The molecule has 14 heavy (non-hydrogen) atoms. The fraction of sp³-hybridized carbons (Fsp3) is 0. The molecule has 68 valence electrons. The monoisotopic (exact) mass is 312 g/mol. The van der Waals surface area contributed by atoms with Crippen molar-refractivity contribution in [3.8, 4) is 16.5 Å². The molecular formula is C10H5IN2S. The Hall–Kier alpha value is -0.930. The summed E-state index contributed by atoms with van der Waals surface area (Å²) in [4.78, 5) is 0.956. The Kier molecular flexibility index (Phi) is 2.79. The third-order valence-corrected chi connectivity index (χ3v) is 3.80. The van der Waals surface area contributed by atoms with Gasteiger partial charge >= 0.3 is 0 Å². The van der Waals surface area contributed by atoms with Crippen LogP contribution in [0.15, 0.2) is 30.3 Å². The summed E-state index contributed by atoms with van der Waals surface area (Å²) >= 11 is 3.46. The van der Waals surface area contributed by atoms with Crippen LogP contribution in [0.5, 0.6) is 0 Å². The average molecular weight is 312 g/mol. The summed E-state index contributed by atoms with van der Waals surface area (Å²) in [7, 11) is 0. The predicted molar refractivity (Wildman–Crippen MR) is 65.0 cm³/mol. The molecule has 0 aliphatic rings. The quantitative estimate of drug-likeness (QED) is 0.758. The van der Waals surface area contributed by atoms with E-state index in [1.54, 1.807) is 0 Å². The molecule has 2 nitrogen and oxygen atoms in total. The van der Waals surface area contributed by atoms with E-state index >= 15 is 0 Å². The Morgan fingerprint density at radius 1 is 1.29 bits per heavy atom. The Bertz CT molecular complexity index is 485. The first-order valence-corrected chi connectivity index (χ1v) is 5.79. The van der Waals surface area contributed by atoms with Crippen molar-refractivity contribution in [2.45, 2.75) is 0 Å². The molecule has 2 rings (SSSR count). The number of rotatable bonds is 1. The Labute approximate surface area is 99.5 Å². The van der Waals surface area contributed by atoms with E-state index in [4.69, 9.17) is 5.26 Å². The molecule has 0 atom stereocenters. The molecule has 4 heteroatoms. The van der Waals surface area contributed by atoms with Gasteiger partial charge in [-0.15, -0.1) is 0 Å². The third kappa shape index (κ3) is 1.65. The lowest BCUT2D eigenvalue weighted by atomic mass is 10.1. The van der Waals surface area contributed by atoms with Crippen molar-refractivity contribution in [2.75, 3.05) is 0 Å². The topological polar surface area (TPSA) is 36.7 Å². The first-order chi connectivity index (χ1) is 6.83. The minimum absolute atomic E-state index is 0.682. The summed E-state index contributed by atoms with van der Waals surface area (Å²) < 4.78 is 4.96. The van der Waals surface area contributed by atoms with E-state index in [2.05, 4.69) is 33.0 Å². The van der Waals surface area contributed by atoms with Crippen molar-refractivity contribution in [1.29, 1.82) is 5.26 Å². The van der Waals surface area contributed by atoms with Gasteiger partial charge in [0.15, 0.2) is 0 Å². The molecule has 0 bridgehead atoms. The van der Waals surface area contributed by atoms with Gasteiger partial charge in [-0.3, -0.25) is 0 Å². The lowest BCUT2D eigenvalue weighted by Crippen LogP contribution is -1.79. The van der Waals surface area contributed by atoms with Crippen LogP contribution in [0.4, 0.5) is 0 Å². The highest BCUT2D eigenvalue weighted by molar-refractivity contribution is 14.1. The summed E-state index contributed by atoms with van der Waals surface area (Å²) in [6.45, 7) is 0. The van der Waals surface area contributed by atoms with Gasteiger partial charge in [-0.2, -0.15) is 9.64 Å². The van der Waals surface area contributed by atoms with Crippen molar-refractivity contribution in [1.82, 2.24) is 4.37 Å². The lowest BCUT2D eigenvalue weighted by molar-refractivity contribution is 1.42. The minimum Gasteiger partial charge on any atom is -0.192 e. The van der Waals surface area contributed by atoms with E-state index in [9.17, 15) is 0 Å². The average Bonchev–Trinajstić information content (AvgIpc) is 2.61. The zero-order valence-electron chi connectivity index (χ0n) is 7.07. The van der Waals surface area contributed by atoms with Crippen molar-refractivity contribution in [3.05, 3.63) is 39.6 Å². The summed E-state index contributed by atoms with van der Waals surface area (Å²) in [6, 6.07) is 12.0. The van der Waals surface area contributed by atoms with Crippen LogP contribution in [0, 0.1) is 15.0 Å². The van der Waals surface area contributed by atoms with Gasteiger partial charge in [0.25, 0.3) is 0 Å². The molecule has 1 aromatic carbocycles. The number of nitriles is 1. The second kappa shape index (κ2) is 4.07. The Morgan fingerprint density at radius 2 is 2.00 bits per heavy atom. The number of hydrogen-bond donors (Lipinski definition) is 0. The Balaban J connectivity index is 2.59. The lowest BCUT2D eigenvalue weighted by Gasteiger charge is -1.95. The van der Waals surface area contributed by atoms with Crippen LogP contribution in [0.25, 0.3) is 10.4 Å². The van der Waals surface area contributed by atoms with Gasteiger partial charge in [-0.05, 0) is 39.7 Å². The van der Waals surface area contributed by atoms with Gasteiger partial charge in [-0.25, -0.2) is 0 Å². The summed E-state index contributed by atoms with van der Waals surface area (Å²) in [6.07, 6.45) is 0. The van der Waals surface area contributed by atoms with Crippen LogP contribution in [-0.4, -0.2) is 4.37 Å². The number of hydrogen-bond acceptors (Lipinski definition) is 3. The SMILES string of the molecule is N#Cc1c(I)nsc1-c1ccccc1. The minimum atomic E-state index is 0.682. The predicted octanol–water partition coefficient (Wildman–Crippen LogP) is 3.29. The molecule has 0 N–H and O–H groups in total. The Morgan fingerprint density at radius 3 is 2.64 bits per heavy atom. The van der Waals surface area contributed by atoms with Gasteiger partial charge in [0.05, 0.1) is 4.88 Å². The zero-order valence-corrected chi connectivity index (χ0v) is 10.0. The molecule has 0 amide bonds. The maximum absolute atomic E-state index is 8.96. The number of benzene rings is 1. The van der Waals surface area contributed by atoms with Gasteiger partial charge in [-0.1, -0.05) is 30.3 Å². The smallest absolute Gasteiger partial charge is 0.133 e. The number of aromatic nitrogens is 1. The molecule has 0 fully saturated rings. The first-order valence-electron chi connectivity index (χ1n) is 3.93. The number of halogens is 1. The zero-order chi connectivity index (χ0) is 9.97. The van der Waals surface area contributed by atoms with Crippen LogP contribution in [0.1, 0.15) is 5.56 Å². The van der Waals surface area contributed by atoms with E-state index in [1.807, 2.05) is 30.3 Å². The molecule has 1 aromatic heterocycles. The van der Waals surface area contributed by atoms with Crippen molar-refractivity contribution in [2.24, 2.45) is 0 Å². The van der Waals surface area contributed by atoms with Gasteiger partial charge in [0, 0.05) is 0 Å².